The predicted molar refractivity (Wildman–Crippen MR) is 101 cm³/mol. The van der Waals surface area contributed by atoms with Gasteiger partial charge in [0.2, 0.25) is 0 Å². The van der Waals surface area contributed by atoms with Crippen LogP contribution in [-0.4, -0.2) is 52.5 Å². The first kappa shape index (κ1) is 20.7. The summed E-state index contributed by atoms with van der Waals surface area (Å²) in [6.45, 7) is 6.43. The van der Waals surface area contributed by atoms with Crippen molar-refractivity contribution in [3.8, 4) is 0 Å². The Balaban J connectivity index is 2.01. The topological polar surface area (TPSA) is 54.9 Å². The van der Waals surface area contributed by atoms with Crippen molar-refractivity contribution in [1.29, 1.82) is 0 Å². The third-order valence-electron chi connectivity index (χ3n) is 3.40. The minimum atomic E-state index is 0.633. The van der Waals surface area contributed by atoms with Crippen molar-refractivity contribution in [2.24, 2.45) is 4.99 Å². The molecule has 0 aliphatic carbocycles. The molecule has 1 aromatic carbocycles. The van der Waals surface area contributed by atoms with Crippen molar-refractivity contribution in [3.05, 3.63) is 34.9 Å². The molecule has 0 aliphatic heterocycles. The van der Waals surface area contributed by atoms with Crippen molar-refractivity contribution in [2.45, 2.75) is 26.2 Å². The monoisotopic (exact) mass is 355 g/mol. The summed E-state index contributed by atoms with van der Waals surface area (Å²) in [5.41, 5.74) is 1.24. The number of guanidine groups is 1. The molecule has 0 bridgehead atoms. The Morgan fingerprint density at radius 3 is 2.33 bits per heavy atom. The fourth-order valence-electron chi connectivity index (χ4n) is 2.01. The summed E-state index contributed by atoms with van der Waals surface area (Å²) in [5, 5.41) is 7.28. The lowest BCUT2D eigenvalue weighted by Gasteiger charge is -2.12. The van der Waals surface area contributed by atoms with Gasteiger partial charge in [0.15, 0.2) is 5.96 Å². The summed E-state index contributed by atoms with van der Waals surface area (Å²) < 4.78 is 10.9. The number of benzene rings is 1. The quantitative estimate of drug-likeness (QED) is 0.344. The van der Waals surface area contributed by atoms with Gasteiger partial charge in [0.1, 0.15) is 0 Å². The van der Waals surface area contributed by atoms with Crippen LogP contribution in [0.2, 0.25) is 5.02 Å². The minimum Gasteiger partial charge on any atom is -0.379 e. The van der Waals surface area contributed by atoms with Gasteiger partial charge in [-0.3, -0.25) is 4.99 Å². The molecule has 5 nitrogen and oxygen atoms in total. The number of ether oxygens (including phenoxy) is 2. The molecule has 0 radical (unpaired) electrons. The van der Waals surface area contributed by atoms with Gasteiger partial charge < -0.3 is 20.1 Å². The molecule has 2 N–H and O–H groups in total. The maximum Gasteiger partial charge on any atom is 0.191 e. The van der Waals surface area contributed by atoms with Crippen molar-refractivity contribution >= 4 is 17.6 Å². The van der Waals surface area contributed by atoms with E-state index in [-0.39, 0.29) is 0 Å². The maximum atomic E-state index is 5.88. The average molecular weight is 356 g/mol. The molecule has 6 heteroatoms. The van der Waals surface area contributed by atoms with Crippen LogP contribution in [0.1, 0.15) is 25.3 Å². The highest BCUT2D eigenvalue weighted by molar-refractivity contribution is 6.30. The Labute approximate surface area is 150 Å². The van der Waals surface area contributed by atoms with Crippen LogP contribution in [0.25, 0.3) is 0 Å². The predicted octanol–water partition coefficient (Wildman–Crippen LogP) is 2.88. The lowest BCUT2D eigenvalue weighted by Crippen LogP contribution is -2.39. The van der Waals surface area contributed by atoms with Crippen molar-refractivity contribution in [1.82, 2.24) is 10.6 Å². The molecular weight excluding hydrogens is 326 g/mol. The van der Waals surface area contributed by atoms with Gasteiger partial charge in [-0.25, -0.2) is 0 Å². The zero-order valence-corrected chi connectivity index (χ0v) is 15.6. The van der Waals surface area contributed by atoms with Crippen LogP contribution in [-0.2, 0) is 15.9 Å². The highest BCUT2D eigenvalue weighted by Crippen LogP contribution is 2.09. The SMILES string of the molecule is CCCCOCCOCCNC(=NC)NCCc1ccc(Cl)cc1. The van der Waals surface area contributed by atoms with Crippen LogP contribution in [0.5, 0.6) is 0 Å². The van der Waals surface area contributed by atoms with E-state index in [1.807, 2.05) is 24.3 Å². The summed E-state index contributed by atoms with van der Waals surface area (Å²) in [6, 6.07) is 7.90. The molecule has 0 aromatic heterocycles. The van der Waals surface area contributed by atoms with E-state index < -0.39 is 0 Å². The number of nitrogens with one attached hydrogen (secondary N) is 2. The van der Waals surface area contributed by atoms with Gasteiger partial charge in [0.05, 0.1) is 19.8 Å². The zero-order valence-electron chi connectivity index (χ0n) is 14.8. The zero-order chi connectivity index (χ0) is 17.5. The van der Waals surface area contributed by atoms with Crippen molar-refractivity contribution in [2.75, 3.05) is 46.6 Å². The molecular formula is C18H30ClN3O2. The molecule has 1 rings (SSSR count). The van der Waals surface area contributed by atoms with E-state index in [0.29, 0.717) is 19.8 Å². The lowest BCUT2D eigenvalue weighted by atomic mass is 10.1. The van der Waals surface area contributed by atoms with E-state index >= 15 is 0 Å². The fraction of sp³-hybridized carbons (Fsp3) is 0.611. The van der Waals surface area contributed by atoms with Crippen LogP contribution >= 0.6 is 11.6 Å². The highest BCUT2D eigenvalue weighted by atomic mass is 35.5. The first-order chi connectivity index (χ1) is 11.8. The van der Waals surface area contributed by atoms with E-state index in [1.54, 1.807) is 7.05 Å². The second-order valence-electron chi connectivity index (χ2n) is 5.38. The number of aliphatic imine (C=N–C) groups is 1. The fourth-order valence-corrected chi connectivity index (χ4v) is 2.13. The molecule has 0 saturated carbocycles. The van der Waals surface area contributed by atoms with E-state index in [4.69, 9.17) is 21.1 Å². The van der Waals surface area contributed by atoms with Gasteiger partial charge in [-0.2, -0.15) is 0 Å². The Morgan fingerprint density at radius 2 is 1.67 bits per heavy atom. The molecule has 1 aromatic rings. The van der Waals surface area contributed by atoms with E-state index in [2.05, 4.69) is 22.5 Å². The van der Waals surface area contributed by atoms with E-state index in [0.717, 1.165) is 49.9 Å². The number of halogens is 1. The second kappa shape index (κ2) is 14.1. The average Bonchev–Trinajstić information content (AvgIpc) is 2.60. The van der Waals surface area contributed by atoms with Crippen LogP contribution in [0.15, 0.2) is 29.3 Å². The normalized spacial score (nSPS) is 11.5. The largest absolute Gasteiger partial charge is 0.379 e. The molecule has 0 spiro atoms. The molecule has 0 fully saturated rings. The van der Waals surface area contributed by atoms with Gasteiger partial charge in [-0.05, 0) is 30.5 Å². The molecule has 0 aliphatic rings. The summed E-state index contributed by atoms with van der Waals surface area (Å²) >= 11 is 5.88. The number of unbranched alkanes of at least 4 members (excludes halogenated alkanes) is 1. The number of hydrogen-bond donors (Lipinski definition) is 2. The summed E-state index contributed by atoms with van der Waals surface area (Å²) in [4.78, 5) is 4.19. The van der Waals surface area contributed by atoms with Gasteiger partial charge in [0, 0.05) is 31.8 Å². The van der Waals surface area contributed by atoms with Gasteiger partial charge in [0.25, 0.3) is 0 Å². The lowest BCUT2D eigenvalue weighted by molar-refractivity contribution is 0.0487. The second-order valence-corrected chi connectivity index (χ2v) is 5.82. The molecule has 0 unspecified atom stereocenters. The Kier molecular flexibility index (Phi) is 12.2. The van der Waals surface area contributed by atoms with Crippen molar-refractivity contribution < 1.29 is 9.47 Å². The number of hydrogen-bond acceptors (Lipinski definition) is 3. The summed E-state index contributed by atoms with van der Waals surface area (Å²) in [7, 11) is 1.76. The summed E-state index contributed by atoms with van der Waals surface area (Å²) in [6.07, 6.45) is 3.19. The first-order valence-electron chi connectivity index (χ1n) is 8.60. The van der Waals surface area contributed by atoms with Crippen LogP contribution < -0.4 is 10.6 Å². The first-order valence-corrected chi connectivity index (χ1v) is 8.98. The van der Waals surface area contributed by atoms with Crippen LogP contribution in [0, 0.1) is 0 Å². The molecule has 136 valence electrons. The molecule has 0 atom stereocenters. The Morgan fingerprint density at radius 1 is 1.00 bits per heavy atom. The molecule has 24 heavy (non-hydrogen) atoms. The standard InChI is InChI=1S/C18H30ClN3O2/c1-3-4-12-23-14-15-24-13-11-22-18(20-2)21-10-9-16-5-7-17(19)8-6-16/h5-8H,3-4,9-15H2,1-2H3,(H2,20,21,22). The Bertz CT molecular complexity index is 452. The van der Waals surface area contributed by atoms with E-state index in [9.17, 15) is 0 Å². The maximum absolute atomic E-state index is 5.88. The van der Waals surface area contributed by atoms with E-state index in [1.165, 1.54) is 5.56 Å². The molecule has 0 amide bonds. The van der Waals surface area contributed by atoms with Gasteiger partial charge in [-0.15, -0.1) is 0 Å². The van der Waals surface area contributed by atoms with Gasteiger partial charge >= 0.3 is 0 Å². The van der Waals surface area contributed by atoms with Crippen LogP contribution in [0.3, 0.4) is 0 Å². The summed E-state index contributed by atoms with van der Waals surface area (Å²) in [5.74, 6) is 0.784. The molecule has 0 heterocycles. The Hall–Kier alpha value is -1.30. The number of nitrogens with zero attached hydrogens (tertiary/aromatic N) is 1. The van der Waals surface area contributed by atoms with Gasteiger partial charge in [-0.1, -0.05) is 37.1 Å². The molecule has 0 saturated heterocycles. The smallest absolute Gasteiger partial charge is 0.191 e. The highest BCUT2D eigenvalue weighted by Gasteiger charge is 1.98. The third-order valence-corrected chi connectivity index (χ3v) is 3.65. The van der Waals surface area contributed by atoms with Crippen molar-refractivity contribution in [3.63, 3.8) is 0 Å². The minimum absolute atomic E-state index is 0.633. The third kappa shape index (κ3) is 10.5. The number of rotatable bonds is 12. The van der Waals surface area contributed by atoms with Crippen LogP contribution in [0.4, 0.5) is 0 Å².